The molecule has 2 unspecified atom stereocenters. The Hall–Kier alpha value is -3.33. The summed E-state index contributed by atoms with van der Waals surface area (Å²) in [5.41, 5.74) is 6.81. The third kappa shape index (κ3) is 3.22. The Morgan fingerprint density at radius 3 is 2.32 bits per heavy atom. The predicted octanol–water partition coefficient (Wildman–Crippen LogP) is 8.54. The highest BCUT2D eigenvalue weighted by Crippen LogP contribution is 2.50. The van der Waals surface area contributed by atoms with E-state index in [1.165, 1.54) is 63.7 Å². The number of fused-ring (bicyclic) bond motifs is 6. The summed E-state index contributed by atoms with van der Waals surface area (Å²) in [4.78, 5) is 0. The highest BCUT2D eigenvalue weighted by Gasteiger charge is 2.55. The van der Waals surface area contributed by atoms with Crippen LogP contribution in [0.5, 0.6) is 0 Å². The molecular weight excluding hydrogens is 450 g/mol. The van der Waals surface area contributed by atoms with Crippen LogP contribution >= 0.6 is 0 Å². The molecule has 0 radical (unpaired) electrons. The molecule has 3 nitrogen and oxygen atoms in total. The highest BCUT2D eigenvalue weighted by atomic mass is 15.2. The van der Waals surface area contributed by atoms with E-state index < -0.39 is 0 Å². The summed E-state index contributed by atoms with van der Waals surface area (Å²) in [6, 6.07) is 24.9. The summed E-state index contributed by atoms with van der Waals surface area (Å²) >= 11 is 0. The fourth-order valence-corrected chi connectivity index (χ4v) is 7.13. The molecule has 0 aliphatic carbocycles. The largest absolute Gasteiger partial charge is 0.340 e. The first-order valence-corrected chi connectivity index (χ1v) is 14.2. The number of unbranched alkanes of at least 4 members (excludes halogenated alkanes) is 2. The minimum atomic E-state index is -0.0151. The van der Waals surface area contributed by atoms with Gasteiger partial charge in [-0.15, -0.1) is 0 Å². The van der Waals surface area contributed by atoms with Crippen molar-refractivity contribution in [3.05, 3.63) is 84.7 Å². The van der Waals surface area contributed by atoms with Gasteiger partial charge in [0.25, 0.3) is 5.82 Å². The Labute approximate surface area is 221 Å². The maximum atomic E-state index is 2.58. The van der Waals surface area contributed by atoms with Crippen LogP contribution in [0.1, 0.15) is 72.3 Å². The van der Waals surface area contributed by atoms with E-state index in [-0.39, 0.29) is 11.0 Å². The van der Waals surface area contributed by atoms with Crippen LogP contribution in [0.3, 0.4) is 0 Å². The van der Waals surface area contributed by atoms with Crippen LogP contribution in [0.15, 0.2) is 79.1 Å². The first kappa shape index (κ1) is 24.0. The number of aryl methyl sites for hydroxylation is 1. The van der Waals surface area contributed by atoms with Crippen molar-refractivity contribution in [3.8, 4) is 17.1 Å². The minimum Gasteiger partial charge on any atom is -0.340 e. The van der Waals surface area contributed by atoms with Gasteiger partial charge < -0.3 is 4.57 Å². The Kier molecular flexibility index (Phi) is 5.78. The second-order valence-corrected chi connectivity index (χ2v) is 11.3. The average Bonchev–Trinajstić information content (AvgIpc) is 3.52. The van der Waals surface area contributed by atoms with Gasteiger partial charge in [-0.1, -0.05) is 83.0 Å². The molecule has 2 atom stereocenters. The summed E-state index contributed by atoms with van der Waals surface area (Å²) in [6.45, 7) is 13.0. The molecule has 3 heterocycles. The van der Waals surface area contributed by atoms with Gasteiger partial charge >= 0.3 is 0 Å². The lowest BCUT2D eigenvalue weighted by atomic mass is 9.61. The SMILES string of the molecule is CCCCCn1c2ccccc2c2c(-n3cc[n+]4c3-c3ccccc3C(C)(CC)C4(C)CC)cccc21. The van der Waals surface area contributed by atoms with Gasteiger partial charge in [-0.25, -0.2) is 4.57 Å². The van der Waals surface area contributed by atoms with E-state index in [9.17, 15) is 0 Å². The molecule has 5 aromatic rings. The third-order valence-electron chi connectivity index (χ3n) is 9.72. The zero-order chi connectivity index (χ0) is 25.8. The average molecular weight is 491 g/mol. The Morgan fingerprint density at radius 1 is 0.784 bits per heavy atom. The van der Waals surface area contributed by atoms with Crippen LogP contribution in [-0.2, 0) is 17.5 Å². The fourth-order valence-electron chi connectivity index (χ4n) is 7.13. The number of hydrogen-bond donors (Lipinski definition) is 0. The topological polar surface area (TPSA) is 13.7 Å². The van der Waals surface area contributed by atoms with E-state index in [1.54, 1.807) is 0 Å². The van der Waals surface area contributed by atoms with Crippen molar-refractivity contribution in [1.29, 1.82) is 0 Å². The molecule has 0 spiro atoms. The van der Waals surface area contributed by atoms with E-state index in [1.807, 2.05) is 0 Å². The van der Waals surface area contributed by atoms with E-state index in [0.29, 0.717) is 0 Å². The van der Waals surface area contributed by atoms with Crippen molar-refractivity contribution in [2.75, 3.05) is 0 Å². The van der Waals surface area contributed by atoms with Crippen LogP contribution in [-0.4, -0.2) is 9.13 Å². The number of benzene rings is 3. The third-order valence-corrected chi connectivity index (χ3v) is 9.72. The zero-order valence-electron chi connectivity index (χ0n) is 23.1. The molecule has 2 aromatic heterocycles. The van der Waals surface area contributed by atoms with Gasteiger partial charge in [0.2, 0.25) is 0 Å². The molecule has 0 N–H and O–H groups in total. The first-order valence-electron chi connectivity index (χ1n) is 14.2. The molecule has 1 aliphatic heterocycles. The lowest BCUT2D eigenvalue weighted by Crippen LogP contribution is -2.67. The smallest absolute Gasteiger partial charge is 0.294 e. The molecule has 6 rings (SSSR count). The summed E-state index contributed by atoms with van der Waals surface area (Å²) < 4.78 is 7.59. The monoisotopic (exact) mass is 490 g/mol. The summed E-state index contributed by atoms with van der Waals surface area (Å²) in [5, 5.41) is 2.70. The molecule has 190 valence electrons. The van der Waals surface area contributed by atoms with Gasteiger partial charge in [0, 0.05) is 22.9 Å². The molecule has 0 saturated carbocycles. The van der Waals surface area contributed by atoms with Crippen LogP contribution in [0.2, 0.25) is 0 Å². The molecule has 0 fully saturated rings. The van der Waals surface area contributed by atoms with E-state index in [4.69, 9.17) is 0 Å². The summed E-state index contributed by atoms with van der Waals surface area (Å²) in [6.07, 6.45) is 10.5. The lowest BCUT2D eigenvalue weighted by Gasteiger charge is -2.47. The maximum Gasteiger partial charge on any atom is 0.294 e. The molecule has 0 amide bonds. The van der Waals surface area contributed by atoms with Gasteiger partial charge in [0.05, 0.1) is 16.5 Å². The standard InChI is InChI=1S/C34H40N3/c1-6-9-14-22-35-28-19-13-11-17-26(28)31-29(35)20-15-21-30(31)36-23-24-37-32(36)25-16-10-12-18-27(25)33(4,7-2)34(37,5)8-3/h10-13,15-21,23-24H,6-9,14,22H2,1-5H3/q+1. The van der Waals surface area contributed by atoms with E-state index in [2.05, 4.69) is 127 Å². The molecule has 3 heteroatoms. The first-order chi connectivity index (χ1) is 18.0. The number of imidazole rings is 1. The fraction of sp³-hybridized carbons (Fsp3) is 0.382. The van der Waals surface area contributed by atoms with Gasteiger partial charge in [0.1, 0.15) is 23.6 Å². The van der Waals surface area contributed by atoms with E-state index >= 15 is 0 Å². The van der Waals surface area contributed by atoms with Gasteiger partial charge in [-0.05, 0) is 56.0 Å². The molecule has 3 aromatic carbocycles. The van der Waals surface area contributed by atoms with Gasteiger partial charge in [-0.3, -0.25) is 0 Å². The minimum absolute atomic E-state index is 0.0151. The number of hydrogen-bond acceptors (Lipinski definition) is 0. The van der Waals surface area contributed by atoms with Gasteiger partial charge in [-0.2, -0.15) is 4.57 Å². The molecule has 0 bridgehead atoms. The molecule has 37 heavy (non-hydrogen) atoms. The number of para-hydroxylation sites is 1. The normalized spacial score (nSPS) is 20.9. The molecule has 0 saturated heterocycles. The second kappa shape index (κ2) is 8.90. The van der Waals surface area contributed by atoms with Crippen LogP contribution in [0.4, 0.5) is 0 Å². The maximum absolute atomic E-state index is 2.58. The van der Waals surface area contributed by atoms with E-state index in [0.717, 1.165) is 19.4 Å². The summed E-state index contributed by atoms with van der Waals surface area (Å²) in [7, 11) is 0. The highest BCUT2D eigenvalue weighted by molar-refractivity contribution is 6.12. The van der Waals surface area contributed by atoms with Crippen LogP contribution in [0, 0.1) is 0 Å². The Bertz CT molecular complexity index is 1600. The van der Waals surface area contributed by atoms with Crippen LogP contribution in [0.25, 0.3) is 38.9 Å². The number of aromatic nitrogens is 3. The Balaban J connectivity index is 1.66. The van der Waals surface area contributed by atoms with Crippen molar-refractivity contribution < 1.29 is 4.57 Å². The van der Waals surface area contributed by atoms with Crippen molar-refractivity contribution in [2.45, 2.75) is 84.2 Å². The number of rotatable bonds is 7. The van der Waals surface area contributed by atoms with Gasteiger partial charge in [0.15, 0.2) is 0 Å². The quantitative estimate of drug-likeness (QED) is 0.160. The van der Waals surface area contributed by atoms with Crippen molar-refractivity contribution >= 4 is 21.8 Å². The summed E-state index contributed by atoms with van der Waals surface area (Å²) in [5.74, 6) is 1.29. The van der Waals surface area contributed by atoms with Crippen molar-refractivity contribution in [3.63, 3.8) is 0 Å². The molecule has 1 aliphatic rings. The molecular formula is C34H40N3+. The number of nitrogens with zero attached hydrogens (tertiary/aromatic N) is 3. The Morgan fingerprint density at radius 2 is 1.54 bits per heavy atom. The van der Waals surface area contributed by atoms with Crippen molar-refractivity contribution in [1.82, 2.24) is 9.13 Å². The lowest BCUT2D eigenvalue weighted by molar-refractivity contribution is -0.764. The van der Waals surface area contributed by atoms with Crippen molar-refractivity contribution in [2.24, 2.45) is 0 Å². The second-order valence-electron chi connectivity index (χ2n) is 11.3. The predicted molar refractivity (Wildman–Crippen MR) is 156 cm³/mol. The zero-order valence-corrected chi connectivity index (χ0v) is 23.1. The van der Waals surface area contributed by atoms with Crippen LogP contribution < -0.4 is 4.57 Å².